The molecular formula is C17H14Br2N2. The highest BCUT2D eigenvalue weighted by molar-refractivity contribution is 9.11. The minimum atomic E-state index is 0.180. The first kappa shape index (κ1) is 14.5. The number of nitrogens with one attached hydrogen (secondary N) is 1. The highest BCUT2D eigenvalue weighted by Crippen LogP contribution is 2.30. The van der Waals surface area contributed by atoms with Crippen LogP contribution in [0, 0.1) is 0 Å². The Balaban J connectivity index is 1.97. The van der Waals surface area contributed by atoms with Crippen molar-refractivity contribution in [2.75, 3.05) is 5.32 Å². The Morgan fingerprint density at radius 3 is 2.62 bits per heavy atom. The Labute approximate surface area is 140 Å². The molecule has 2 aromatic carbocycles. The highest BCUT2D eigenvalue weighted by Gasteiger charge is 2.10. The Morgan fingerprint density at radius 2 is 1.81 bits per heavy atom. The van der Waals surface area contributed by atoms with Gasteiger partial charge in [-0.3, -0.25) is 0 Å². The van der Waals surface area contributed by atoms with Crippen LogP contribution >= 0.6 is 31.9 Å². The zero-order valence-electron chi connectivity index (χ0n) is 11.5. The van der Waals surface area contributed by atoms with Crippen LogP contribution in [-0.4, -0.2) is 4.98 Å². The van der Waals surface area contributed by atoms with Crippen LogP contribution in [0.4, 0.5) is 5.82 Å². The molecule has 0 saturated heterocycles. The van der Waals surface area contributed by atoms with Gasteiger partial charge in [0.1, 0.15) is 5.82 Å². The molecule has 106 valence electrons. The lowest BCUT2D eigenvalue weighted by molar-refractivity contribution is 0.876. The largest absolute Gasteiger partial charge is 0.363 e. The fraction of sp³-hybridized carbons (Fsp3) is 0.118. The van der Waals surface area contributed by atoms with Gasteiger partial charge >= 0.3 is 0 Å². The number of aromatic nitrogens is 1. The van der Waals surface area contributed by atoms with Crippen LogP contribution in [0.5, 0.6) is 0 Å². The van der Waals surface area contributed by atoms with Gasteiger partial charge in [0.05, 0.1) is 0 Å². The third-order valence-electron chi connectivity index (χ3n) is 3.45. The predicted molar refractivity (Wildman–Crippen MR) is 95.6 cm³/mol. The molecule has 0 radical (unpaired) electrons. The molecular weight excluding hydrogens is 392 g/mol. The topological polar surface area (TPSA) is 24.9 Å². The lowest BCUT2D eigenvalue weighted by Crippen LogP contribution is -2.08. The summed E-state index contributed by atoms with van der Waals surface area (Å²) in [6.07, 6.45) is 1.84. The van der Waals surface area contributed by atoms with E-state index in [0.29, 0.717) is 0 Å². The number of rotatable bonds is 3. The fourth-order valence-corrected chi connectivity index (χ4v) is 3.26. The summed E-state index contributed by atoms with van der Waals surface area (Å²) in [5.41, 5.74) is 1.22. The molecule has 0 aliphatic rings. The third-order valence-corrected chi connectivity index (χ3v) is 4.64. The standard InChI is InChI=1S/C17H14Br2N2/c1-11(12-4-2-5-13(18)10-12)21-17-15-6-3-7-16(19)14(15)8-9-20-17/h2-11H,1H3,(H,20,21). The maximum absolute atomic E-state index is 4.49. The summed E-state index contributed by atoms with van der Waals surface area (Å²) in [5.74, 6) is 0.904. The Hall–Kier alpha value is -1.39. The molecule has 4 heteroatoms. The van der Waals surface area contributed by atoms with Crippen molar-refractivity contribution < 1.29 is 0 Å². The minimum absolute atomic E-state index is 0.180. The van der Waals surface area contributed by atoms with Crippen LogP contribution in [0.3, 0.4) is 0 Å². The van der Waals surface area contributed by atoms with Crippen LogP contribution in [0.2, 0.25) is 0 Å². The van der Waals surface area contributed by atoms with E-state index in [-0.39, 0.29) is 6.04 Å². The zero-order chi connectivity index (χ0) is 14.8. The highest BCUT2D eigenvalue weighted by atomic mass is 79.9. The van der Waals surface area contributed by atoms with Crippen LogP contribution in [0.15, 0.2) is 63.7 Å². The van der Waals surface area contributed by atoms with E-state index in [1.807, 2.05) is 36.5 Å². The number of anilines is 1. The zero-order valence-corrected chi connectivity index (χ0v) is 14.6. The van der Waals surface area contributed by atoms with Crippen molar-refractivity contribution in [3.05, 3.63) is 69.2 Å². The molecule has 2 nitrogen and oxygen atoms in total. The van der Waals surface area contributed by atoms with Gasteiger partial charge in [-0.1, -0.05) is 56.1 Å². The summed E-state index contributed by atoms with van der Waals surface area (Å²) in [6.45, 7) is 2.14. The van der Waals surface area contributed by atoms with Crippen molar-refractivity contribution in [1.82, 2.24) is 4.98 Å². The van der Waals surface area contributed by atoms with E-state index in [4.69, 9.17) is 0 Å². The average molecular weight is 406 g/mol. The maximum Gasteiger partial charge on any atom is 0.134 e. The van der Waals surface area contributed by atoms with Gasteiger partial charge < -0.3 is 5.32 Å². The molecule has 1 atom stereocenters. The second kappa shape index (κ2) is 6.16. The van der Waals surface area contributed by atoms with E-state index in [1.54, 1.807) is 0 Å². The van der Waals surface area contributed by atoms with Gasteiger partial charge in [0.2, 0.25) is 0 Å². The summed E-state index contributed by atoms with van der Waals surface area (Å²) < 4.78 is 2.17. The van der Waals surface area contributed by atoms with E-state index in [9.17, 15) is 0 Å². The first-order valence-electron chi connectivity index (χ1n) is 6.70. The molecule has 3 rings (SSSR count). The fourth-order valence-electron chi connectivity index (χ4n) is 2.35. The third kappa shape index (κ3) is 3.11. The molecule has 0 bridgehead atoms. The van der Waals surface area contributed by atoms with Crippen LogP contribution in [-0.2, 0) is 0 Å². The lowest BCUT2D eigenvalue weighted by atomic mass is 10.1. The molecule has 0 aliphatic heterocycles. The smallest absolute Gasteiger partial charge is 0.134 e. The maximum atomic E-state index is 4.49. The van der Waals surface area contributed by atoms with Crippen molar-refractivity contribution in [3.8, 4) is 0 Å². The first-order chi connectivity index (χ1) is 10.1. The van der Waals surface area contributed by atoms with Crippen molar-refractivity contribution in [2.24, 2.45) is 0 Å². The van der Waals surface area contributed by atoms with Crippen molar-refractivity contribution in [3.63, 3.8) is 0 Å². The van der Waals surface area contributed by atoms with E-state index in [0.717, 1.165) is 25.5 Å². The van der Waals surface area contributed by atoms with E-state index in [2.05, 4.69) is 67.3 Å². The number of nitrogens with zero attached hydrogens (tertiary/aromatic N) is 1. The summed E-state index contributed by atoms with van der Waals surface area (Å²) in [4.78, 5) is 4.49. The second-order valence-electron chi connectivity index (χ2n) is 4.92. The lowest BCUT2D eigenvalue weighted by Gasteiger charge is -2.17. The van der Waals surface area contributed by atoms with Crippen molar-refractivity contribution >= 4 is 48.5 Å². The predicted octanol–water partition coefficient (Wildman–Crippen LogP) is 5.93. The quantitative estimate of drug-likeness (QED) is 0.583. The van der Waals surface area contributed by atoms with Crippen LogP contribution in [0.1, 0.15) is 18.5 Å². The first-order valence-corrected chi connectivity index (χ1v) is 8.29. The number of benzene rings is 2. The summed E-state index contributed by atoms with van der Waals surface area (Å²) in [7, 11) is 0. The average Bonchev–Trinajstić information content (AvgIpc) is 2.48. The Morgan fingerprint density at radius 1 is 1.00 bits per heavy atom. The molecule has 1 unspecified atom stereocenters. The van der Waals surface area contributed by atoms with Gasteiger partial charge in [-0.2, -0.15) is 0 Å². The number of halogens is 2. The molecule has 0 amide bonds. The normalized spacial score (nSPS) is 12.3. The summed E-state index contributed by atoms with van der Waals surface area (Å²) in [6, 6.07) is 16.7. The summed E-state index contributed by atoms with van der Waals surface area (Å²) >= 11 is 7.11. The molecule has 0 saturated carbocycles. The molecule has 3 aromatic rings. The van der Waals surface area contributed by atoms with Gasteiger partial charge in [0, 0.05) is 32.0 Å². The van der Waals surface area contributed by atoms with E-state index in [1.165, 1.54) is 5.56 Å². The molecule has 0 spiro atoms. The van der Waals surface area contributed by atoms with Crippen molar-refractivity contribution in [1.29, 1.82) is 0 Å². The molecule has 0 aliphatic carbocycles. The monoisotopic (exact) mass is 404 g/mol. The summed E-state index contributed by atoms with van der Waals surface area (Å²) in [5, 5.41) is 5.79. The molecule has 21 heavy (non-hydrogen) atoms. The Bertz CT molecular complexity index is 787. The SMILES string of the molecule is CC(Nc1nccc2c(Br)cccc12)c1cccc(Br)c1. The number of hydrogen-bond donors (Lipinski definition) is 1. The minimum Gasteiger partial charge on any atom is -0.363 e. The van der Waals surface area contributed by atoms with Gasteiger partial charge in [-0.15, -0.1) is 0 Å². The van der Waals surface area contributed by atoms with Gasteiger partial charge in [-0.05, 0) is 36.8 Å². The second-order valence-corrected chi connectivity index (χ2v) is 6.69. The van der Waals surface area contributed by atoms with Gasteiger partial charge in [0.25, 0.3) is 0 Å². The molecule has 0 fully saturated rings. The van der Waals surface area contributed by atoms with Crippen LogP contribution in [0.25, 0.3) is 10.8 Å². The molecule has 1 N–H and O–H groups in total. The number of hydrogen-bond acceptors (Lipinski definition) is 2. The molecule has 1 heterocycles. The van der Waals surface area contributed by atoms with Crippen LogP contribution < -0.4 is 5.32 Å². The van der Waals surface area contributed by atoms with Gasteiger partial charge in [-0.25, -0.2) is 4.98 Å². The van der Waals surface area contributed by atoms with E-state index < -0.39 is 0 Å². The number of pyridine rings is 1. The van der Waals surface area contributed by atoms with Crippen molar-refractivity contribution in [2.45, 2.75) is 13.0 Å². The molecule has 1 aromatic heterocycles. The van der Waals surface area contributed by atoms with Gasteiger partial charge in [0.15, 0.2) is 0 Å². The number of fused-ring (bicyclic) bond motifs is 1. The Kier molecular flexibility index (Phi) is 4.27. The van der Waals surface area contributed by atoms with E-state index >= 15 is 0 Å².